The van der Waals surface area contributed by atoms with Crippen LogP contribution in [0.2, 0.25) is 25.7 Å². The zero-order valence-electron chi connectivity index (χ0n) is 10.7. The molecule has 0 bridgehead atoms. The smallest absolute Gasteiger partial charge is 0.346 e. The molecule has 7 heteroatoms. The lowest BCUT2D eigenvalue weighted by molar-refractivity contribution is 0.0808. The number of ether oxygens (including phenoxy) is 1. The summed E-state index contributed by atoms with van der Waals surface area (Å²) >= 11 is 0. The van der Waals surface area contributed by atoms with Crippen molar-refractivity contribution in [2.75, 3.05) is 6.61 Å². The van der Waals surface area contributed by atoms with Gasteiger partial charge in [-0.15, -0.1) is 0 Å². The second kappa shape index (κ2) is 5.41. The highest BCUT2D eigenvalue weighted by Crippen LogP contribution is 2.07. The van der Waals surface area contributed by atoms with E-state index in [0.717, 1.165) is 10.6 Å². The summed E-state index contributed by atoms with van der Waals surface area (Å²) in [5, 5.41) is 5.84. The maximum Gasteiger partial charge on any atom is 0.346 e. The monoisotopic (exact) mass is 257 g/mol. The maximum absolute atomic E-state index is 11.6. The molecule has 0 aliphatic carbocycles. The number of H-pyrrole nitrogens is 1. The Labute approximate surface area is 101 Å². The number of nitrogens with one attached hydrogen (secondary N) is 1. The van der Waals surface area contributed by atoms with Crippen LogP contribution >= 0.6 is 0 Å². The molecule has 1 rings (SSSR count). The first kappa shape index (κ1) is 13.9. The lowest BCUT2D eigenvalue weighted by atomic mass is 10.5. The fourth-order valence-electron chi connectivity index (χ4n) is 1.18. The molecule has 1 aromatic rings. The van der Waals surface area contributed by atoms with Crippen LogP contribution in [0.25, 0.3) is 0 Å². The molecule has 1 N–H and O–H groups in total. The van der Waals surface area contributed by atoms with Crippen LogP contribution in [0.3, 0.4) is 0 Å². The molecular weight excluding hydrogens is 238 g/mol. The van der Waals surface area contributed by atoms with E-state index in [0.29, 0.717) is 6.61 Å². The lowest BCUT2D eigenvalue weighted by Crippen LogP contribution is -2.38. The summed E-state index contributed by atoms with van der Waals surface area (Å²) < 4.78 is 6.38. The standard InChI is InChI=1S/C10H19N3O3Si/c1-8-9(14)13(10(15)12-11-8)7-16-5-6-17(2,3)4/h5-7H2,1-4H3,(H,12,15). The molecular formula is C10H19N3O3Si. The highest BCUT2D eigenvalue weighted by Gasteiger charge is 2.12. The van der Waals surface area contributed by atoms with E-state index < -0.39 is 19.3 Å². The molecule has 0 unspecified atom stereocenters. The van der Waals surface area contributed by atoms with Gasteiger partial charge in [0.15, 0.2) is 0 Å². The van der Waals surface area contributed by atoms with Crippen molar-refractivity contribution in [2.24, 2.45) is 0 Å². The van der Waals surface area contributed by atoms with E-state index in [4.69, 9.17) is 4.74 Å². The van der Waals surface area contributed by atoms with Crippen LogP contribution in [0, 0.1) is 6.92 Å². The summed E-state index contributed by atoms with van der Waals surface area (Å²) in [6, 6.07) is 1.00. The zero-order chi connectivity index (χ0) is 13.1. The van der Waals surface area contributed by atoms with Gasteiger partial charge in [-0.3, -0.25) is 4.79 Å². The van der Waals surface area contributed by atoms with Gasteiger partial charge in [-0.1, -0.05) is 19.6 Å². The van der Waals surface area contributed by atoms with Crippen LogP contribution in [0.1, 0.15) is 5.69 Å². The Morgan fingerprint density at radius 2 is 2.00 bits per heavy atom. The summed E-state index contributed by atoms with van der Waals surface area (Å²) in [7, 11) is -1.14. The highest BCUT2D eigenvalue weighted by molar-refractivity contribution is 6.76. The van der Waals surface area contributed by atoms with Crippen LogP contribution < -0.4 is 11.2 Å². The van der Waals surface area contributed by atoms with Crippen molar-refractivity contribution in [3.63, 3.8) is 0 Å². The van der Waals surface area contributed by atoms with E-state index in [1.54, 1.807) is 6.92 Å². The molecule has 0 aliphatic heterocycles. The predicted octanol–water partition coefficient (Wildman–Crippen LogP) is 0.552. The average Bonchev–Trinajstić information content (AvgIpc) is 2.21. The minimum atomic E-state index is -1.14. The number of hydrogen-bond donors (Lipinski definition) is 1. The average molecular weight is 257 g/mol. The molecule has 0 spiro atoms. The minimum absolute atomic E-state index is 0.0119. The molecule has 0 aliphatic rings. The summed E-state index contributed by atoms with van der Waals surface area (Å²) in [6.45, 7) is 8.84. The van der Waals surface area contributed by atoms with Crippen molar-refractivity contribution < 1.29 is 4.74 Å². The van der Waals surface area contributed by atoms with Crippen LogP contribution in [0.5, 0.6) is 0 Å². The van der Waals surface area contributed by atoms with E-state index in [1.807, 2.05) is 0 Å². The zero-order valence-corrected chi connectivity index (χ0v) is 11.7. The third kappa shape index (κ3) is 4.27. The molecule has 6 nitrogen and oxygen atoms in total. The summed E-state index contributed by atoms with van der Waals surface area (Å²) in [5.41, 5.74) is -0.672. The number of nitrogens with zero attached hydrogens (tertiary/aromatic N) is 2. The number of rotatable bonds is 5. The predicted molar refractivity (Wildman–Crippen MR) is 68.0 cm³/mol. The molecule has 17 heavy (non-hydrogen) atoms. The molecule has 1 aromatic heterocycles. The Hall–Kier alpha value is -1.21. The molecule has 0 saturated heterocycles. The minimum Gasteiger partial charge on any atom is -0.361 e. The highest BCUT2D eigenvalue weighted by atomic mass is 28.3. The normalized spacial score (nSPS) is 11.8. The Balaban J connectivity index is 2.62. The summed E-state index contributed by atoms with van der Waals surface area (Å²) in [4.78, 5) is 22.9. The van der Waals surface area contributed by atoms with Gasteiger partial charge in [0.1, 0.15) is 12.4 Å². The number of aromatic nitrogens is 3. The van der Waals surface area contributed by atoms with Gasteiger partial charge in [-0.05, 0) is 13.0 Å². The number of hydrogen-bond acceptors (Lipinski definition) is 4. The quantitative estimate of drug-likeness (QED) is 0.617. The van der Waals surface area contributed by atoms with Gasteiger partial charge in [0, 0.05) is 14.7 Å². The van der Waals surface area contributed by atoms with Crippen LogP contribution in [0.15, 0.2) is 9.59 Å². The SMILES string of the molecule is Cc1n[nH]c(=O)n(COCC[Si](C)(C)C)c1=O. The summed E-state index contributed by atoms with van der Waals surface area (Å²) in [6.07, 6.45) is 0. The Morgan fingerprint density at radius 1 is 1.35 bits per heavy atom. The molecule has 96 valence electrons. The fraction of sp³-hybridized carbons (Fsp3) is 0.700. The van der Waals surface area contributed by atoms with E-state index in [-0.39, 0.29) is 12.4 Å². The molecule has 0 saturated carbocycles. The first-order valence-electron chi connectivity index (χ1n) is 5.55. The Morgan fingerprint density at radius 3 is 2.59 bits per heavy atom. The van der Waals surface area contributed by atoms with Crippen LogP contribution in [0.4, 0.5) is 0 Å². The number of aromatic amines is 1. The van der Waals surface area contributed by atoms with E-state index in [9.17, 15) is 9.59 Å². The van der Waals surface area contributed by atoms with Crippen molar-refractivity contribution in [3.8, 4) is 0 Å². The molecule has 0 radical (unpaired) electrons. The lowest BCUT2D eigenvalue weighted by Gasteiger charge is -2.15. The van der Waals surface area contributed by atoms with Gasteiger partial charge in [-0.25, -0.2) is 14.5 Å². The van der Waals surface area contributed by atoms with Crippen molar-refractivity contribution in [1.29, 1.82) is 0 Å². The van der Waals surface area contributed by atoms with Gasteiger partial charge < -0.3 is 4.74 Å². The molecule has 0 aromatic carbocycles. The third-order valence-corrected chi connectivity index (χ3v) is 4.04. The van der Waals surface area contributed by atoms with Crippen molar-refractivity contribution in [3.05, 3.63) is 26.5 Å². The maximum atomic E-state index is 11.6. The fourth-order valence-corrected chi connectivity index (χ4v) is 1.94. The largest absolute Gasteiger partial charge is 0.361 e. The van der Waals surface area contributed by atoms with E-state index >= 15 is 0 Å². The van der Waals surface area contributed by atoms with Gasteiger partial charge in [0.25, 0.3) is 5.56 Å². The molecule has 1 heterocycles. The molecule has 0 fully saturated rings. The van der Waals surface area contributed by atoms with Crippen LogP contribution in [-0.4, -0.2) is 29.4 Å². The van der Waals surface area contributed by atoms with Crippen LogP contribution in [-0.2, 0) is 11.5 Å². The first-order valence-corrected chi connectivity index (χ1v) is 9.26. The summed E-state index contributed by atoms with van der Waals surface area (Å²) in [5.74, 6) is 0. The van der Waals surface area contributed by atoms with Crippen molar-refractivity contribution in [1.82, 2.24) is 14.8 Å². The third-order valence-electron chi connectivity index (χ3n) is 2.34. The Bertz CT molecular complexity index is 487. The first-order chi connectivity index (χ1) is 7.81. The van der Waals surface area contributed by atoms with E-state index in [2.05, 4.69) is 29.8 Å². The van der Waals surface area contributed by atoms with Crippen molar-refractivity contribution >= 4 is 8.07 Å². The van der Waals surface area contributed by atoms with Gasteiger partial charge in [-0.2, -0.15) is 5.10 Å². The van der Waals surface area contributed by atoms with Gasteiger partial charge >= 0.3 is 5.69 Å². The molecule has 0 atom stereocenters. The van der Waals surface area contributed by atoms with Crippen molar-refractivity contribution in [2.45, 2.75) is 39.3 Å². The second-order valence-corrected chi connectivity index (χ2v) is 10.8. The van der Waals surface area contributed by atoms with Gasteiger partial charge in [0.05, 0.1) is 0 Å². The second-order valence-electron chi connectivity index (χ2n) is 5.20. The topological polar surface area (TPSA) is 77.0 Å². The van der Waals surface area contributed by atoms with Gasteiger partial charge in [0.2, 0.25) is 0 Å². The number of aryl methyl sites for hydroxylation is 1. The van der Waals surface area contributed by atoms with E-state index in [1.165, 1.54) is 0 Å². The molecule has 0 amide bonds. The Kier molecular flexibility index (Phi) is 4.41.